The highest BCUT2D eigenvalue weighted by atomic mass is 79.9. The average Bonchev–Trinajstić information content (AvgIpc) is 2.84. The summed E-state index contributed by atoms with van der Waals surface area (Å²) in [5.41, 5.74) is 1.68. The summed E-state index contributed by atoms with van der Waals surface area (Å²) in [4.78, 5) is 39.7. The molecule has 0 fully saturated rings. The van der Waals surface area contributed by atoms with Crippen molar-refractivity contribution in [1.82, 2.24) is 0 Å². The third-order valence-corrected chi connectivity index (χ3v) is 6.23. The van der Waals surface area contributed by atoms with Crippen LogP contribution in [-0.4, -0.2) is 31.9 Å². The van der Waals surface area contributed by atoms with Crippen LogP contribution in [0.1, 0.15) is 33.3 Å². The first kappa shape index (κ1) is 24.7. The second kappa shape index (κ2) is 11.3. The van der Waals surface area contributed by atoms with E-state index in [2.05, 4.69) is 15.9 Å². The Balaban J connectivity index is 2.27. The minimum atomic E-state index is -1.37. The van der Waals surface area contributed by atoms with E-state index >= 15 is 0 Å². The van der Waals surface area contributed by atoms with Gasteiger partial charge in [-0.1, -0.05) is 82.1 Å². The Kier molecular flexibility index (Phi) is 8.42. The van der Waals surface area contributed by atoms with E-state index in [0.717, 1.165) is 4.47 Å². The van der Waals surface area contributed by atoms with E-state index in [0.29, 0.717) is 21.7 Å². The summed E-state index contributed by atoms with van der Waals surface area (Å²) in [6, 6.07) is 22.7. The lowest BCUT2D eigenvalue weighted by molar-refractivity contribution is -0.160. The molecule has 170 valence electrons. The topological polar surface area (TPSA) is 69.7 Å². The Morgan fingerprint density at radius 3 is 1.82 bits per heavy atom. The van der Waals surface area contributed by atoms with E-state index < -0.39 is 29.7 Å². The van der Waals surface area contributed by atoms with E-state index in [-0.39, 0.29) is 5.78 Å². The molecule has 0 N–H and O–H groups in total. The van der Waals surface area contributed by atoms with E-state index in [1.165, 1.54) is 14.2 Å². The van der Waals surface area contributed by atoms with Crippen LogP contribution in [0.25, 0.3) is 0 Å². The lowest BCUT2D eigenvalue weighted by atomic mass is 9.71. The van der Waals surface area contributed by atoms with Crippen LogP contribution < -0.4 is 0 Å². The Morgan fingerprint density at radius 1 is 0.758 bits per heavy atom. The predicted molar refractivity (Wildman–Crippen MR) is 129 cm³/mol. The number of esters is 2. The van der Waals surface area contributed by atoms with Gasteiger partial charge in [0, 0.05) is 21.0 Å². The van der Waals surface area contributed by atoms with Gasteiger partial charge in [-0.25, -0.2) is 0 Å². The van der Waals surface area contributed by atoms with Crippen LogP contribution in [0.15, 0.2) is 83.3 Å². The van der Waals surface area contributed by atoms with Crippen LogP contribution in [0.5, 0.6) is 0 Å². The summed E-state index contributed by atoms with van der Waals surface area (Å²) in [5, 5.41) is 0.487. The molecule has 3 aromatic carbocycles. The molecule has 0 aliphatic heterocycles. The smallest absolute Gasteiger partial charge is 0.320 e. The monoisotopic (exact) mass is 528 g/mol. The highest BCUT2D eigenvalue weighted by Gasteiger charge is 2.45. The maximum absolute atomic E-state index is 13.9. The van der Waals surface area contributed by atoms with Gasteiger partial charge < -0.3 is 9.47 Å². The van der Waals surface area contributed by atoms with Crippen molar-refractivity contribution in [3.05, 3.63) is 105 Å². The van der Waals surface area contributed by atoms with Gasteiger partial charge in [-0.05, 0) is 35.4 Å². The molecular weight excluding hydrogens is 508 g/mol. The fourth-order valence-corrected chi connectivity index (χ4v) is 4.27. The summed E-state index contributed by atoms with van der Waals surface area (Å²) in [5.74, 6) is -4.97. The number of rotatable bonds is 8. The molecule has 3 rings (SSSR count). The first-order chi connectivity index (χ1) is 15.9. The zero-order valence-electron chi connectivity index (χ0n) is 18.0. The summed E-state index contributed by atoms with van der Waals surface area (Å²) in [6.45, 7) is 0. The molecule has 0 amide bonds. The van der Waals surface area contributed by atoms with Crippen molar-refractivity contribution in [1.29, 1.82) is 0 Å². The van der Waals surface area contributed by atoms with Crippen LogP contribution in [0, 0.1) is 5.92 Å². The van der Waals surface area contributed by atoms with E-state index in [1.54, 1.807) is 72.8 Å². The molecular formula is C26H22BrClO5. The molecule has 0 spiro atoms. The first-order valence-electron chi connectivity index (χ1n) is 10.1. The normalized spacial score (nSPS) is 12.6. The average molecular weight is 530 g/mol. The maximum Gasteiger partial charge on any atom is 0.320 e. The molecule has 2 atom stereocenters. The number of carbonyl (C=O) groups excluding carboxylic acids is 3. The minimum Gasteiger partial charge on any atom is -0.468 e. The number of Topliss-reactive ketones (excluding diaryl/α,β-unsaturated/α-hetero) is 1. The highest BCUT2D eigenvalue weighted by molar-refractivity contribution is 9.10. The maximum atomic E-state index is 13.9. The van der Waals surface area contributed by atoms with Crippen LogP contribution in [0.4, 0.5) is 0 Å². The molecule has 0 aliphatic carbocycles. The number of halogens is 2. The fraction of sp³-hybridized carbons (Fsp3) is 0.192. The second-order valence-electron chi connectivity index (χ2n) is 7.36. The molecule has 0 aliphatic rings. The Morgan fingerprint density at radius 2 is 1.30 bits per heavy atom. The van der Waals surface area contributed by atoms with Crippen molar-refractivity contribution in [3.8, 4) is 0 Å². The van der Waals surface area contributed by atoms with Crippen LogP contribution >= 0.6 is 27.5 Å². The molecule has 5 nitrogen and oxygen atoms in total. The van der Waals surface area contributed by atoms with Gasteiger partial charge in [0.25, 0.3) is 0 Å². The molecule has 0 aromatic heterocycles. The third kappa shape index (κ3) is 5.70. The first-order valence-corrected chi connectivity index (χ1v) is 11.3. The van der Waals surface area contributed by atoms with Gasteiger partial charge in [0.15, 0.2) is 11.7 Å². The SMILES string of the molecule is COC(=O)C(C(=O)OC)[C@H](c1ccc(Cl)cc1)[C@@H](C(=O)c1ccc(Br)cc1)c1ccccc1. The van der Waals surface area contributed by atoms with Crippen LogP contribution in [-0.2, 0) is 19.1 Å². The number of hydrogen-bond acceptors (Lipinski definition) is 5. The van der Waals surface area contributed by atoms with Crippen molar-refractivity contribution in [3.63, 3.8) is 0 Å². The molecule has 33 heavy (non-hydrogen) atoms. The number of carbonyl (C=O) groups is 3. The second-order valence-corrected chi connectivity index (χ2v) is 8.71. The number of methoxy groups -OCH3 is 2. The van der Waals surface area contributed by atoms with Gasteiger partial charge in [0.2, 0.25) is 0 Å². The van der Waals surface area contributed by atoms with Gasteiger partial charge >= 0.3 is 11.9 Å². The van der Waals surface area contributed by atoms with Gasteiger partial charge in [0.05, 0.1) is 20.1 Å². The van der Waals surface area contributed by atoms with Crippen molar-refractivity contribution in [2.75, 3.05) is 14.2 Å². The molecule has 0 bridgehead atoms. The predicted octanol–water partition coefficient (Wildman–Crippen LogP) is 5.82. The Labute approximate surface area is 205 Å². The molecule has 0 unspecified atom stereocenters. The molecule has 0 heterocycles. The van der Waals surface area contributed by atoms with E-state index in [4.69, 9.17) is 21.1 Å². The molecule has 0 radical (unpaired) electrons. The summed E-state index contributed by atoms with van der Waals surface area (Å²) in [6.07, 6.45) is 0. The molecule has 7 heteroatoms. The Bertz CT molecular complexity index is 1100. The zero-order chi connectivity index (χ0) is 24.0. The summed E-state index contributed by atoms with van der Waals surface area (Å²) >= 11 is 9.47. The van der Waals surface area contributed by atoms with Gasteiger partial charge in [-0.3, -0.25) is 14.4 Å². The van der Waals surface area contributed by atoms with Gasteiger partial charge in [0.1, 0.15) is 0 Å². The van der Waals surface area contributed by atoms with Crippen molar-refractivity contribution < 1.29 is 23.9 Å². The molecule has 3 aromatic rings. The summed E-state index contributed by atoms with van der Waals surface area (Å²) < 4.78 is 10.8. The fourth-order valence-electron chi connectivity index (χ4n) is 3.88. The lowest BCUT2D eigenvalue weighted by Gasteiger charge is -2.31. The van der Waals surface area contributed by atoms with Crippen molar-refractivity contribution in [2.24, 2.45) is 5.92 Å². The zero-order valence-corrected chi connectivity index (χ0v) is 20.4. The molecule has 0 saturated carbocycles. The number of ketones is 1. The molecule has 0 saturated heterocycles. The quantitative estimate of drug-likeness (QED) is 0.209. The number of benzene rings is 3. The minimum absolute atomic E-state index is 0.244. The van der Waals surface area contributed by atoms with Crippen molar-refractivity contribution >= 4 is 45.3 Å². The summed E-state index contributed by atoms with van der Waals surface area (Å²) in [7, 11) is 2.40. The van der Waals surface area contributed by atoms with Gasteiger partial charge in [-0.2, -0.15) is 0 Å². The Hall–Kier alpha value is -2.96. The van der Waals surface area contributed by atoms with Gasteiger partial charge in [-0.15, -0.1) is 0 Å². The van der Waals surface area contributed by atoms with E-state index in [9.17, 15) is 14.4 Å². The van der Waals surface area contributed by atoms with E-state index in [1.807, 2.05) is 6.07 Å². The number of ether oxygens (including phenoxy) is 2. The van der Waals surface area contributed by atoms with Crippen LogP contribution in [0.3, 0.4) is 0 Å². The standard InChI is InChI=1S/C26H22BrClO5/c1-32-25(30)23(26(31)33-2)21(17-10-14-20(28)15-11-17)22(16-6-4-3-5-7-16)24(29)18-8-12-19(27)13-9-18/h3-15,21-23H,1-2H3/t21-,22+/m1/s1. The third-order valence-electron chi connectivity index (χ3n) is 5.45. The van der Waals surface area contributed by atoms with Crippen LogP contribution in [0.2, 0.25) is 5.02 Å². The van der Waals surface area contributed by atoms with Crippen molar-refractivity contribution in [2.45, 2.75) is 11.8 Å². The highest BCUT2D eigenvalue weighted by Crippen LogP contribution is 2.42. The number of hydrogen-bond donors (Lipinski definition) is 0. The largest absolute Gasteiger partial charge is 0.468 e. The lowest BCUT2D eigenvalue weighted by Crippen LogP contribution is -2.37.